The molecule has 3 aromatic carbocycles. The number of hydrogen-bond acceptors (Lipinski definition) is 6. The second-order valence-corrected chi connectivity index (χ2v) is 14.0. The minimum Gasteiger partial charge on any atom is -0.445 e. The first-order valence-corrected chi connectivity index (χ1v) is 17.1. The van der Waals surface area contributed by atoms with E-state index in [-0.39, 0.29) is 35.4 Å². The van der Waals surface area contributed by atoms with Crippen molar-refractivity contribution in [1.29, 1.82) is 0 Å². The molecular formula is C39H44F2N6O4. The maximum absolute atomic E-state index is 14.5. The zero-order valence-corrected chi connectivity index (χ0v) is 28.7. The molecule has 0 unspecified atom stereocenters. The van der Waals surface area contributed by atoms with E-state index in [2.05, 4.69) is 19.9 Å². The Labute approximate surface area is 297 Å². The highest BCUT2D eigenvalue weighted by molar-refractivity contribution is 5.72. The van der Waals surface area contributed by atoms with Gasteiger partial charge in [-0.05, 0) is 48.6 Å². The average molecular weight is 699 g/mol. The molecule has 2 aliphatic rings. The van der Waals surface area contributed by atoms with Crippen LogP contribution < -0.4 is 0 Å². The van der Waals surface area contributed by atoms with Crippen LogP contribution in [0.2, 0.25) is 0 Å². The van der Waals surface area contributed by atoms with Crippen molar-refractivity contribution in [1.82, 2.24) is 29.7 Å². The van der Waals surface area contributed by atoms with E-state index in [4.69, 9.17) is 9.47 Å². The number of imidazole rings is 2. The summed E-state index contributed by atoms with van der Waals surface area (Å²) in [5, 5.41) is 0. The van der Waals surface area contributed by atoms with Crippen molar-refractivity contribution in [3.8, 4) is 33.6 Å². The lowest BCUT2D eigenvalue weighted by molar-refractivity contribution is 0.0211. The number of hydrogen-bond donors (Lipinski definition) is 2. The zero-order chi connectivity index (χ0) is 35.7. The first-order chi connectivity index (χ1) is 24.5. The highest BCUT2D eigenvalue weighted by atomic mass is 19.1. The number of aromatic nitrogens is 4. The largest absolute Gasteiger partial charge is 0.445 e. The fourth-order valence-electron chi connectivity index (χ4n) is 6.60. The number of carbonyl (C=O) groups is 2. The molecule has 268 valence electrons. The third kappa shape index (κ3) is 7.64. The standard InChI is InChI=1S/C39H40F2N6O4.2H2/c1-39(2,3)51-38(49)47-22-30(41)18-34(47)36-43-20-32(45-36)28-15-11-26(12-16-28)25-9-13-27(14-10-25)31-19-42-35(44-31)33-17-29(40)21-46(33)37(48)50-23-24-7-5-4-6-8-24;;/h4-16,19-20,29-30,33-34H,17-18,21-23H2,1-3H3,(H,42,44)(H,43,45);2*1H/t29-,30-,33-,34-;;/m0../s1. The van der Waals surface area contributed by atoms with Gasteiger partial charge in [-0.25, -0.2) is 28.3 Å². The molecule has 0 radical (unpaired) electrons. The van der Waals surface area contributed by atoms with Gasteiger partial charge in [-0.15, -0.1) is 0 Å². The molecule has 2 aliphatic heterocycles. The number of benzene rings is 3. The molecule has 4 heterocycles. The molecule has 51 heavy (non-hydrogen) atoms. The predicted octanol–water partition coefficient (Wildman–Crippen LogP) is 9.07. The van der Waals surface area contributed by atoms with Crippen molar-refractivity contribution in [2.24, 2.45) is 0 Å². The molecule has 2 aromatic heterocycles. The van der Waals surface area contributed by atoms with Crippen molar-refractivity contribution in [2.45, 2.75) is 70.2 Å². The normalized spacial score (nSPS) is 20.5. The highest BCUT2D eigenvalue weighted by Gasteiger charge is 2.41. The molecule has 0 bridgehead atoms. The van der Waals surface area contributed by atoms with E-state index < -0.39 is 42.2 Å². The number of carbonyl (C=O) groups excluding carboxylic acids is 2. The van der Waals surface area contributed by atoms with Crippen LogP contribution in [0.4, 0.5) is 18.4 Å². The average Bonchev–Trinajstić information content (AvgIpc) is 3.93. The van der Waals surface area contributed by atoms with Gasteiger partial charge in [-0.1, -0.05) is 78.9 Å². The number of alkyl halides is 2. The van der Waals surface area contributed by atoms with Gasteiger partial charge in [-0.3, -0.25) is 9.80 Å². The summed E-state index contributed by atoms with van der Waals surface area (Å²) in [6.07, 6.45) is 0.249. The molecule has 0 aliphatic carbocycles. The molecule has 2 fully saturated rings. The maximum Gasteiger partial charge on any atom is 0.411 e. The molecule has 5 aromatic rings. The number of nitrogens with zero attached hydrogens (tertiary/aromatic N) is 4. The van der Waals surface area contributed by atoms with Crippen molar-refractivity contribution in [3.63, 3.8) is 0 Å². The Kier molecular flexibility index (Phi) is 9.33. The van der Waals surface area contributed by atoms with Gasteiger partial charge in [0.2, 0.25) is 0 Å². The number of H-pyrrole nitrogens is 2. The molecule has 7 rings (SSSR count). The van der Waals surface area contributed by atoms with E-state index in [1.807, 2.05) is 78.9 Å². The summed E-state index contributed by atoms with van der Waals surface area (Å²) in [4.78, 5) is 44.1. The van der Waals surface area contributed by atoms with Crippen molar-refractivity contribution in [3.05, 3.63) is 108 Å². The molecule has 2 saturated heterocycles. The van der Waals surface area contributed by atoms with Crippen molar-refractivity contribution < 1.29 is 30.7 Å². The summed E-state index contributed by atoms with van der Waals surface area (Å²) < 4.78 is 39.9. The van der Waals surface area contributed by atoms with Crippen LogP contribution in [0.15, 0.2) is 91.3 Å². The van der Waals surface area contributed by atoms with Gasteiger partial charge in [0.25, 0.3) is 0 Å². The number of aromatic amines is 2. The smallest absolute Gasteiger partial charge is 0.411 e. The minimum atomic E-state index is -1.17. The Morgan fingerprint density at radius 2 is 1.18 bits per heavy atom. The molecule has 2 amide bonds. The summed E-state index contributed by atoms with van der Waals surface area (Å²) in [5.74, 6) is 1.03. The van der Waals surface area contributed by atoms with Crippen LogP contribution >= 0.6 is 0 Å². The van der Waals surface area contributed by atoms with Crippen LogP contribution in [0.3, 0.4) is 0 Å². The molecule has 0 spiro atoms. The lowest BCUT2D eigenvalue weighted by Gasteiger charge is -2.27. The summed E-state index contributed by atoms with van der Waals surface area (Å²) in [6.45, 7) is 5.38. The topological polar surface area (TPSA) is 116 Å². The van der Waals surface area contributed by atoms with E-state index in [1.165, 1.54) is 9.80 Å². The molecule has 2 N–H and O–H groups in total. The monoisotopic (exact) mass is 698 g/mol. The van der Waals surface area contributed by atoms with Crippen LogP contribution in [0, 0.1) is 0 Å². The number of likely N-dealkylation sites (tertiary alicyclic amines) is 2. The Bertz CT molecular complexity index is 1990. The van der Waals surface area contributed by atoms with Crippen LogP contribution in [0.1, 0.15) is 65.8 Å². The van der Waals surface area contributed by atoms with E-state index in [9.17, 15) is 18.4 Å². The first kappa shape index (κ1) is 34.0. The zero-order valence-electron chi connectivity index (χ0n) is 28.7. The Balaban J connectivity index is 0.00000271. The predicted molar refractivity (Wildman–Crippen MR) is 192 cm³/mol. The SMILES string of the molecule is CC(C)(C)OC(=O)N1C[C@@H](F)C[C@H]1c1ncc(-c2ccc(-c3ccc(-c4cnc([C@@H]5C[C@H](F)CN5C(=O)OCc5ccccc5)[nH]4)cc3)cc2)[nH]1.[HH].[HH]. The van der Waals surface area contributed by atoms with E-state index in [0.29, 0.717) is 11.6 Å². The summed E-state index contributed by atoms with van der Waals surface area (Å²) >= 11 is 0. The van der Waals surface area contributed by atoms with Gasteiger partial charge >= 0.3 is 12.2 Å². The highest BCUT2D eigenvalue weighted by Crippen LogP contribution is 2.36. The van der Waals surface area contributed by atoms with E-state index in [1.54, 1.807) is 33.2 Å². The fourth-order valence-corrected chi connectivity index (χ4v) is 6.60. The Morgan fingerprint density at radius 1 is 0.725 bits per heavy atom. The first-order valence-electron chi connectivity index (χ1n) is 17.1. The van der Waals surface area contributed by atoms with E-state index in [0.717, 1.165) is 39.2 Å². The minimum absolute atomic E-state index is 0. The summed E-state index contributed by atoms with van der Waals surface area (Å²) in [5.41, 5.74) is 5.51. The van der Waals surface area contributed by atoms with Crippen LogP contribution in [-0.4, -0.2) is 73.0 Å². The summed E-state index contributed by atoms with van der Waals surface area (Å²) in [7, 11) is 0. The Morgan fingerprint density at radius 3 is 1.65 bits per heavy atom. The van der Waals surface area contributed by atoms with Crippen LogP contribution in [0.5, 0.6) is 0 Å². The lowest BCUT2D eigenvalue weighted by atomic mass is 10.0. The van der Waals surface area contributed by atoms with Gasteiger partial charge in [0, 0.05) is 15.7 Å². The number of halogens is 2. The Hall–Kier alpha value is -5.52. The third-order valence-corrected chi connectivity index (χ3v) is 9.12. The summed E-state index contributed by atoms with van der Waals surface area (Å²) in [6, 6.07) is 24.3. The maximum atomic E-state index is 14.5. The number of rotatable bonds is 7. The molecular weight excluding hydrogens is 654 g/mol. The van der Waals surface area contributed by atoms with Gasteiger partial charge in [0.05, 0.1) is 49.0 Å². The number of amides is 2. The lowest BCUT2D eigenvalue weighted by Crippen LogP contribution is -2.37. The molecule has 4 atom stereocenters. The van der Waals surface area contributed by atoms with Gasteiger partial charge in [-0.2, -0.15) is 0 Å². The third-order valence-electron chi connectivity index (χ3n) is 9.12. The second-order valence-electron chi connectivity index (χ2n) is 14.0. The molecule has 12 heteroatoms. The van der Waals surface area contributed by atoms with Crippen molar-refractivity contribution >= 4 is 12.2 Å². The van der Waals surface area contributed by atoms with E-state index >= 15 is 0 Å². The molecule has 10 nitrogen and oxygen atoms in total. The van der Waals surface area contributed by atoms with Gasteiger partial charge in [0.1, 0.15) is 36.2 Å². The van der Waals surface area contributed by atoms with Crippen LogP contribution in [0.25, 0.3) is 33.6 Å². The van der Waals surface area contributed by atoms with Crippen molar-refractivity contribution in [2.75, 3.05) is 13.1 Å². The second kappa shape index (κ2) is 14.0. The number of nitrogens with one attached hydrogen (secondary N) is 2. The van der Waals surface area contributed by atoms with Gasteiger partial charge in [0.15, 0.2) is 0 Å². The van der Waals surface area contributed by atoms with Crippen LogP contribution in [-0.2, 0) is 16.1 Å². The number of ether oxygens (including phenoxy) is 2. The fraction of sp³-hybridized carbons (Fsp3) is 0.333. The van der Waals surface area contributed by atoms with Gasteiger partial charge < -0.3 is 19.4 Å². The molecule has 0 saturated carbocycles. The quantitative estimate of drug-likeness (QED) is 0.175.